The molecule has 0 bridgehead atoms. The number of carboxylic acid groups (broad SMARTS) is 1. The third-order valence-corrected chi connectivity index (χ3v) is 4.01. The lowest BCUT2D eigenvalue weighted by molar-refractivity contribution is -0.150. The average Bonchev–Trinajstić information content (AvgIpc) is 2.91. The molecule has 0 aromatic carbocycles. The summed E-state index contributed by atoms with van der Waals surface area (Å²) in [4.78, 5) is 29.3. The number of nitrogens with zero attached hydrogens (tertiary/aromatic N) is 3. The lowest BCUT2D eigenvalue weighted by Gasteiger charge is -2.41. The summed E-state index contributed by atoms with van der Waals surface area (Å²) in [5.41, 5.74) is -1.11. The van der Waals surface area contributed by atoms with E-state index in [1.54, 1.807) is 19.4 Å². The maximum atomic E-state index is 12.4. The molecule has 0 radical (unpaired) electrons. The molecule has 116 valence electrons. The Labute approximate surface area is 124 Å². The van der Waals surface area contributed by atoms with Crippen molar-refractivity contribution in [2.75, 3.05) is 6.54 Å². The van der Waals surface area contributed by atoms with Crippen LogP contribution in [0.4, 0.5) is 4.79 Å². The number of carboxylic acids is 1. The number of amides is 2. The Bertz CT molecular complexity index is 502. The molecule has 2 unspecified atom stereocenters. The van der Waals surface area contributed by atoms with Crippen molar-refractivity contribution in [1.82, 2.24) is 19.8 Å². The first-order chi connectivity index (χ1) is 9.93. The molecule has 2 amide bonds. The van der Waals surface area contributed by atoms with E-state index in [1.807, 2.05) is 17.7 Å². The number of carbonyl (C=O) groups is 2. The number of aromatic nitrogens is 2. The summed E-state index contributed by atoms with van der Waals surface area (Å²) in [6, 6.07) is -0.418. The molecule has 1 aromatic rings. The zero-order valence-electron chi connectivity index (χ0n) is 12.5. The fraction of sp³-hybridized carbons (Fsp3) is 0.643. The van der Waals surface area contributed by atoms with Gasteiger partial charge in [0.15, 0.2) is 0 Å². The Morgan fingerprint density at radius 2 is 2.24 bits per heavy atom. The van der Waals surface area contributed by atoms with Crippen LogP contribution < -0.4 is 5.32 Å². The molecular formula is C14H22N4O3. The van der Waals surface area contributed by atoms with Gasteiger partial charge in [0.25, 0.3) is 0 Å². The number of urea groups is 1. The zero-order valence-corrected chi connectivity index (χ0v) is 12.5. The van der Waals surface area contributed by atoms with Crippen LogP contribution in [0.2, 0.25) is 0 Å². The van der Waals surface area contributed by atoms with Gasteiger partial charge in [-0.2, -0.15) is 0 Å². The van der Waals surface area contributed by atoms with Crippen LogP contribution in [0.25, 0.3) is 0 Å². The van der Waals surface area contributed by atoms with Crippen LogP contribution in [0.15, 0.2) is 18.7 Å². The standard InChI is InChI=1S/C14H22N4O3/c1-11(9-17-8-6-15-10-17)16-13(21)18-7-4-3-5-14(18,2)12(19)20/h6,8,10-11H,3-5,7,9H2,1-2H3,(H,16,21)(H,19,20). The van der Waals surface area contributed by atoms with Gasteiger partial charge in [-0.1, -0.05) is 0 Å². The maximum absolute atomic E-state index is 12.4. The van der Waals surface area contributed by atoms with Crippen molar-refractivity contribution in [2.45, 2.75) is 51.2 Å². The number of hydrogen-bond donors (Lipinski definition) is 2. The van der Waals surface area contributed by atoms with E-state index in [0.29, 0.717) is 19.5 Å². The summed E-state index contributed by atoms with van der Waals surface area (Å²) in [5, 5.41) is 12.3. The largest absolute Gasteiger partial charge is 0.480 e. The molecule has 0 spiro atoms. The van der Waals surface area contributed by atoms with E-state index in [1.165, 1.54) is 4.90 Å². The fourth-order valence-corrected chi connectivity index (χ4v) is 2.71. The molecule has 2 heterocycles. The number of nitrogens with one attached hydrogen (secondary N) is 1. The molecule has 2 atom stereocenters. The molecule has 7 nitrogen and oxygen atoms in total. The smallest absolute Gasteiger partial charge is 0.329 e. The lowest BCUT2D eigenvalue weighted by Crippen LogP contribution is -2.61. The maximum Gasteiger partial charge on any atom is 0.329 e. The van der Waals surface area contributed by atoms with Crippen LogP contribution in [-0.4, -0.2) is 49.7 Å². The Balaban J connectivity index is 1.99. The minimum Gasteiger partial charge on any atom is -0.480 e. The monoisotopic (exact) mass is 294 g/mol. The first-order valence-corrected chi connectivity index (χ1v) is 7.21. The third-order valence-electron chi connectivity index (χ3n) is 4.01. The molecule has 1 fully saturated rings. The van der Waals surface area contributed by atoms with Gasteiger partial charge in [-0.15, -0.1) is 0 Å². The fourth-order valence-electron chi connectivity index (χ4n) is 2.71. The minimum absolute atomic E-state index is 0.105. The number of piperidine rings is 1. The average molecular weight is 294 g/mol. The zero-order chi connectivity index (χ0) is 15.5. The second kappa shape index (κ2) is 6.15. The number of hydrogen-bond acceptors (Lipinski definition) is 3. The van der Waals surface area contributed by atoms with Crippen molar-refractivity contribution >= 4 is 12.0 Å². The quantitative estimate of drug-likeness (QED) is 0.876. The number of rotatable bonds is 4. The summed E-state index contributed by atoms with van der Waals surface area (Å²) >= 11 is 0. The third kappa shape index (κ3) is 3.34. The van der Waals surface area contributed by atoms with Crippen LogP contribution in [0.1, 0.15) is 33.1 Å². The van der Waals surface area contributed by atoms with Crippen molar-refractivity contribution in [2.24, 2.45) is 0 Å². The highest BCUT2D eigenvalue weighted by molar-refractivity contribution is 5.86. The summed E-state index contributed by atoms with van der Waals surface area (Å²) in [6.45, 7) is 4.59. The number of carbonyl (C=O) groups excluding carboxylic acids is 1. The van der Waals surface area contributed by atoms with Crippen LogP contribution in [0.5, 0.6) is 0 Å². The van der Waals surface area contributed by atoms with Crippen molar-refractivity contribution in [3.63, 3.8) is 0 Å². The first-order valence-electron chi connectivity index (χ1n) is 7.21. The van der Waals surface area contributed by atoms with Gasteiger partial charge < -0.3 is 19.9 Å². The van der Waals surface area contributed by atoms with E-state index in [2.05, 4.69) is 10.3 Å². The van der Waals surface area contributed by atoms with E-state index < -0.39 is 11.5 Å². The van der Waals surface area contributed by atoms with Gasteiger partial charge in [0, 0.05) is 31.5 Å². The number of imidazole rings is 1. The highest BCUT2D eigenvalue weighted by Crippen LogP contribution is 2.28. The van der Waals surface area contributed by atoms with E-state index in [4.69, 9.17) is 0 Å². The van der Waals surface area contributed by atoms with Gasteiger partial charge in [0.05, 0.1) is 6.33 Å². The summed E-state index contributed by atoms with van der Waals surface area (Å²) in [5.74, 6) is -0.945. The predicted molar refractivity (Wildman–Crippen MR) is 76.8 cm³/mol. The van der Waals surface area contributed by atoms with Gasteiger partial charge in [-0.25, -0.2) is 14.6 Å². The van der Waals surface area contributed by atoms with Gasteiger partial charge in [0.1, 0.15) is 5.54 Å². The topological polar surface area (TPSA) is 87.5 Å². The first kappa shape index (κ1) is 15.3. The summed E-state index contributed by atoms with van der Waals surface area (Å²) in [6.07, 6.45) is 7.35. The highest BCUT2D eigenvalue weighted by Gasteiger charge is 2.44. The van der Waals surface area contributed by atoms with Gasteiger partial charge in [-0.3, -0.25) is 0 Å². The van der Waals surface area contributed by atoms with E-state index in [0.717, 1.165) is 12.8 Å². The molecule has 1 saturated heterocycles. The summed E-state index contributed by atoms with van der Waals surface area (Å²) < 4.78 is 1.87. The van der Waals surface area contributed by atoms with Gasteiger partial charge in [0.2, 0.25) is 0 Å². The molecule has 2 N–H and O–H groups in total. The number of aliphatic carboxylic acids is 1. The van der Waals surface area contributed by atoms with Crippen LogP contribution in [0, 0.1) is 0 Å². The van der Waals surface area contributed by atoms with Crippen LogP contribution in [-0.2, 0) is 11.3 Å². The Kier molecular flexibility index (Phi) is 4.50. The second-order valence-electron chi connectivity index (χ2n) is 5.80. The van der Waals surface area contributed by atoms with Crippen molar-refractivity contribution in [1.29, 1.82) is 0 Å². The molecule has 1 aliphatic rings. The molecule has 1 aromatic heterocycles. The van der Waals surface area contributed by atoms with Crippen LogP contribution in [0.3, 0.4) is 0 Å². The molecule has 7 heteroatoms. The molecule has 1 aliphatic heterocycles. The minimum atomic E-state index is -1.11. The van der Waals surface area contributed by atoms with E-state index in [-0.39, 0.29) is 12.1 Å². The Morgan fingerprint density at radius 3 is 2.86 bits per heavy atom. The van der Waals surface area contributed by atoms with Crippen molar-refractivity contribution in [3.05, 3.63) is 18.7 Å². The van der Waals surface area contributed by atoms with E-state index >= 15 is 0 Å². The van der Waals surface area contributed by atoms with Crippen molar-refractivity contribution < 1.29 is 14.7 Å². The Hall–Kier alpha value is -2.05. The lowest BCUT2D eigenvalue weighted by atomic mass is 9.89. The van der Waals surface area contributed by atoms with Crippen molar-refractivity contribution in [3.8, 4) is 0 Å². The molecule has 21 heavy (non-hydrogen) atoms. The SMILES string of the molecule is CC(Cn1ccnc1)NC(=O)N1CCCCC1(C)C(=O)O. The normalized spacial score (nSPS) is 23.6. The molecule has 0 aliphatic carbocycles. The molecule has 2 rings (SSSR count). The van der Waals surface area contributed by atoms with E-state index in [9.17, 15) is 14.7 Å². The van der Waals surface area contributed by atoms with Crippen LogP contribution >= 0.6 is 0 Å². The summed E-state index contributed by atoms with van der Waals surface area (Å²) in [7, 11) is 0. The Morgan fingerprint density at radius 1 is 1.48 bits per heavy atom. The molecular weight excluding hydrogens is 272 g/mol. The van der Waals surface area contributed by atoms with Gasteiger partial charge in [-0.05, 0) is 33.1 Å². The second-order valence-corrected chi connectivity index (χ2v) is 5.80. The van der Waals surface area contributed by atoms with Gasteiger partial charge >= 0.3 is 12.0 Å². The number of likely N-dealkylation sites (tertiary alicyclic amines) is 1. The highest BCUT2D eigenvalue weighted by atomic mass is 16.4. The molecule has 0 saturated carbocycles. The predicted octanol–water partition coefficient (Wildman–Crippen LogP) is 1.31.